The zero-order chi connectivity index (χ0) is 25.9. The average Bonchev–Trinajstić information content (AvgIpc) is 3.26. The molecular weight excluding hydrogens is 486 g/mol. The number of methoxy groups -OCH3 is 2. The van der Waals surface area contributed by atoms with E-state index in [1.165, 1.54) is 5.69 Å². The zero-order valence-corrected chi connectivity index (χ0v) is 22.8. The smallest absolute Gasteiger partial charge is 0.185 e. The molecule has 1 aliphatic rings. The van der Waals surface area contributed by atoms with Crippen molar-refractivity contribution >= 4 is 33.9 Å². The van der Waals surface area contributed by atoms with Crippen molar-refractivity contribution in [1.29, 1.82) is 0 Å². The van der Waals surface area contributed by atoms with Crippen LogP contribution in [0.25, 0.3) is 10.9 Å². The lowest BCUT2D eigenvalue weighted by Gasteiger charge is -2.39. The second-order valence-corrected chi connectivity index (χ2v) is 9.80. The van der Waals surface area contributed by atoms with Crippen molar-refractivity contribution < 1.29 is 9.47 Å². The maximum absolute atomic E-state index is 6.42. The minimum Gasteiger partial charge on any atom is -0.493 e. The molecule has 4 aromatic rings. The quantitative estimate of drug-likeness (QED) is 0.296. The van der Waals surface area contributed by atoms with Gasteiger partial charge in [0.05, 0.1) is 48.7 Å². The summed E-state index contributed by atoms with van der Waals surface area (Å²) >= 11 is 6.42. The fourth-order valence-corrected chi connectivity index (χ4v) is 5.46. The van der Waals surface area contributed by atoms with Crippen LogP contribution >= 0.6 is 11.6 Å². The number of benzene rings is 2. The van der Waals surface area contributed by atoms with Crippen molar-refractivity contribution in [2.75, 3.05) is 50.2 Å². The van der Waals surface area contributed by atoms with E-state index in [0.29, 0.717) is 12.3 Å². The third-order valence-electron chi connectivity index (χ3n) is 7.13. The van der Waals surface area contributed by atoms with Gasteiger partial charge in [-0.3, -0.25) is 9.67 Å². The second kappa shape index (κ2) is 10.9. The van der Waals surface area contributed by atoms with E-state index in [4.69, 9.17) is 26.2 Å². The molecule has 7 nitrogen and oxygen atoms in total. The van der Waals surface area contributed by atoms with Gasteiger partial charge in [-0.15, -0.1) is 0 Å². The van der Waals surface area contributed by atoms with Crippen molar-refractivity contribution in [1.82, 2.24) is 14.8 Å². The lowest BCUT2D eigenvalue weighted by molar-refractivity contribution is 0.355. The van der Waals surface area contributed by atoms with E-state index in [9.17, 15) is 0 Å². The van der Waals surface area contributed by atoms with E-state index in [2.05, 4.69) is 45.4 Å². The van der Waals surface area contributed by atoms with Crippen LogP contribution in [0.5, 0.6) is 11.5 Å². The number of ether oxygens (including phenoxy) is 2. The minimum absolute atomic E-state index is 0.595. The first kappa shape index (κ1) is 25.2. The van der Waals surface area contributed by atoms with Gasteiger partial charge in [0.25, 0.3) is 0 Å². The predicted octanol–water partition coefficient (Wildman–Crippen LogP) is 5.74. The highest BCUT2D eigenvalue weighted by atomic mass is 35.5. The van der Waals surface area contributed by atoms with Gasteiger partial charge in [0.15, 0.2) is 11.5 Å². The SMILES string of the molecule is CCCc1nn(Cc2ccccn2)c2cc(OC)c(OC)c(N3CCN(c4cccc(Cl)c4C)CC3)c12. The number of nitrogens with zero attached hydrogens (tertiary/aromatic N) is 5. The molecule has 0 atom stereocenters. The van der Waals surface area contributed by atoms with Crippen molar-refractivity contribution in [3.8, 4) is 11.5 Å². The third kappa shape index (κ3) is 4.80. The maximum Gasteiger partial charge on any atom is 0.185 e. The number of halogens is 1. The van der Waals surface area contributed by atoms with Gasteiger partial charge in [-0.1, -0.05) is 37.1 Å². The van der Waals surface area contributed by atoms with E-state index in [1.807, 2.05) is 36.5 Å². The highest BCUT2D eigenvalue weighted by Crippen LogP contribution is 2.46. The Morgan fingerprint density at radius 2 is 1.76 bits per heavy atom. The van der Waals surface area contributed by atoms with Crippen LogP contribution in [0.4, 0.5) is 11.4 Å². The van der Waals surface area contributed by atoms with E-state index in [0.717, 1.165) is 83.3 Å². The van der Waals surface area contributed by atoms with Crippen molar-refractivity contribution in [3.05, 3.63) is 70.6 Å². The Balaban J connectivity index is 1.57. The molecule has 1 fully saturated rings. The molecule has 0 radical (unpaired) electrons. The number of anilines is 2. The molecule has 194 valence electrons. The van der Waals surface area contributed by atoms with Gasteiger partial charge in [-0.2, -0.15) is 5.10 Å². The number of hydrogen-bond acceptors (Lipinski definition) is 6. The van der Waals surface area contributed by atoms with Crippen LogP contribution in [-0.4, -0.2) is 55.2 Å². The summed E-state index contributed by atoms with van der Waals surface area (Å²) in [5.74, 6) is 1.47. The minimum atomic E-state index is 0.595. The van der Waals surface area contributed by atoms with Crippen LogP contribution in [0.3, 0.4) is 0 Å². The molecule has 0 unspecified atom stereocenters. The normalized spacial score (nSPS) is 13.9. The van der Waals surface area contributed by atoms with E-state index < -0.39 is 0 Å². The fourth-order valence-electron chi connectivity index (χ4n) is 5.29. The van der Waals surface area contributed by atoms with Gasteiger partial charge in [0.2, 0.25) is 0 Å². The Kier molecular flexibility index (Phi) is 7.42. The molecule has 0 aliphatic carbocycles. The number of aromatic nitrogens is 3. The second-order valence-electron chi connectivity index (χ2n) is 9.39. The van der Waals surface area contributed by atoms with E-state index in [1.54, 1.807) is 14.2 Å². The Bertz CT molecular complexity index is 1380. The first-order valence-corrected chi connectivity index (χ1v) is 13.2. The topological polar surface area (TPSA) is 55.7 Å². The Morgan fingerprint density at radius 1 is 0.973 bits per heavy atom. The van der Waals surface area contributed by atoms with Gasteiger partial charge in [0, 0.05) is 49.2 Å². The van der Waals surface area contributed by atoms with Crippen LogP contribution in [-0.2, 0) is 13.0 Å². The van der Waals surface area contributed by atoms with Crippen molar-refractivity contribution in [3.63, 3.8) is 0 Å². The number of piperazine rings is 1. The summed E-state index contributed by atoms with van der Waals surface area (Å²) in [5.41, 5.74) is 6.48. The lowest BCUT2D eigenvalue weighted by atomic mass is 10.1. The summed E-state index contributed by atoms with van der Waals surface area (Å²) < 4.78 is 13.9. The number of aryl methyl sites for hydroxylation is 1. The monoisotopic (exact) mass is 519 g/mol. The summed E-state index contributed by atoms with van der Waals surface area (Å²) in [6, 6.07) is 14.2. The van der Waals surface area contributed by atoms with Gasteiger partial charge in [-0.05, 0) is 43.2 Å². The number of hydrogen-bond donors (Lipinski definition) is 0. The van der Waals surface area contributed by atoms with E-state index >= 15 is 0 Å². The summed E-state index contributed by atoms with van der Waals surface area (Å²) in [5, 5.41) is 7.03. The Labute approximate surface area is 223 Å². The molecule has 1 saturated heterocycles. The summed E-state index contributed by atoms with van der Waals surface area (Å²) in [4.78, 5) is 9.37. The molecule has 0 bridgehead atoms. The maximum atomic E-state index is 6.42. The molecule has 3 heterocycles. The first-order chi connectivity index (χ1) is 18.0. The summed E-state index contributed by atoms with van der Waals surface area (Å²) in [7, 11) is 3.41. The first-order valence-electron chi connectivity index (χ1n) is 12.8. The standard InChI is InChI=1S/C29H34ClN5O2/c1-5-9-23-27-25(35(32-23)19-21-10-6-7-13-31-21)18-26(36-3)29(37-4)28(27)34-16-14-33(15-17-34)24-12-8-11-22(30)20(24)2/h6-8,10-13,18H,5,9,14-17,19H2,1-4H3. The highest BCUT2D eigenvalue weighted by molar-refractivity contribution is 6.31. The van der Waals surface area contributed by atoms with Crippen LogP contribution in [0.2, 0.25) is 5.02 Å². The van der Waals surface area contributed by atoms with Gasteiger partial charge >= 0.3 is 0 Å². The third-order valence-corrected chi connectivity index (χ3v) is 7.54. The number of pyridine rings is 1. The van der Waals surface area contributed by atoms with E-state index in [-0.39, 0.29) is 0 Å². The molecule has 0 saturated carbocycles. The molecule has 2 aromatic heterocycles. The molecule has 1 aliphatic heterocycles. The van der Waals surface area contributed by atoms with Gasteiger partial charge < -0.3 is 19.3 Å². The Hall–Kier alpha value is -3.45. The molecular formula is C29H34ClN5O2. The van der Waals surface area contributed by atoms with Crippen LogP contribution in [0.1, 0.15) is 30.3 Å². The lowest BCUT2D eigenvalue weighted by Crippen LogP contribution is -2.47. The molecule has 37 heavy (non-hydrogen) atoms. The van der Waals surface area contributed by atoms with Crippen molar-refractivity contribution in [2.45, 2.75) is 33.2 Å². The van der Waals surface area contributed by atoms with Crippen LogP contribution in [0, 0.1) is 6.92 Å². The predicted molar refractivity (Wildman–Crippen MR) is 151 cm³/mol. The van der Waals surface area contributed by atoms with Crippen LogP contribution in [0.15, 0.2) is 48.7 Å². The number of rotatable bonds is 8. The molecule has 8 heteroatoms. The number of fused-ring (bicyclic) bond motifs is 1. The molecule has 5 rings (SSSR count). The van der Waals surface area contributed by atoms with Gasteiger partial charge in [0.1, 0.15) is 0 Å². The fraction of sp³-hybridized carbons (Fsp3) is 0.379. The molecule has 0 N–H and O–H groups in total. The zero-order valence-electron chi connectivity index (χ0n) is 22.0. The molecule has 0 spiro atoms. The summed E-state index contributed by atoms with van der Waals surface area (Å²) in [6.07, 6.45) is 3.71. The average molecular weight is 520 g/mol. The summed E-state index contributed by atoms with van der Waals surface area (Å²) in [6.45, 7) is 8.34. The Morgan fingerprint density at radius 3 is 2.43 bits per heavy atom. The van der Waals surface area contributed by atoms with Gasteiger partial charge in [-0.25, -0.2) is 0 Å². The molecule has 2 aromatic carbocycles. The molecule has 0 amide bonds. The van der Waals surface area contributed by atoms with Crippen molar-refractivity contribution in [2.24, 2.45) is 0 Å². The van der Waals surface area contributed by atoms with Crippen LogP contribution < -0.4 is 19.3 Å². The largest absolute Gasteiger partial charge is 0.493 e. The highest BCUT2D eigenvalue weighted by Gasteiger charge is 2.28.